The van der Waals surface area contributed by atoms with Gasteiger partial charge in [-0.15, -0.1) is 5.10 Å². The predicted octanol–water partition coefficient (Wildman–Crippen LogP) is 3.08. The molecule has 1 atom stereocenters. The first kappa shape index (κ1) is 26.2. The van der Waals surface area contributed by atoms with Crippen LogP contribution in [0.3, 0.4) is 0 Å². The molecule has 1 amide bonds. The molecular formula is C30H30FN7O4. The molecule has 0 unspecified atom stereocenters. The zero-order valence-corrected chi connectivity index (χ0v) is 23.4. The van der Waals surface area contributed by atoms with Crippen molar-refractivity contribution in [1.82, 2.24) is 30.0 Å². The van der Waals surface area contributed by atoms with Gasteiger partial charge in [-0.05, 0) is 78.0 Å². The fraction of sp³-hybridized carbons (Fsp3) is 0.333. The van der Waals surface area contributed by atoms with Crippen molar-refractivity contribution in [2.75, 3.05) is 58.6 Å². The van der Waals surface area contributed by atoms with Gasteiger partial charge in [-0.2, -0.15) is 4.68 Å². The molecule has 1 fully saturated rings. The third kappa shape index (κ3) is 4.48. The summed E-state index contributed by atoms with van der Waals surface area (Å²) < 4.78 is 32.3. The number of rotatable bonds is 5. The number of likely N-dealkylation sites (N-methyl/N-ethyl adjacent to an activating group) is 1. The van der Waals surface area contributed by atoms with Gasteiger partial charge in [0.1, 0.15) is 11.9 Å². The summed E-state index contributed by atoms with van der Waals surface area (Å²) in [5.41, 5.74) is 4.23. The number of nitrogens with zero attached hydrogens (tertiary/aromatic N) is 7. The molecular weight excluding hydrogens is 541 g/mol. The number of benzene rings is 3. The number of ether oxygens (including phenoxy) is 3. The molecule has 11 nitrogen and oxygen atoms in total. The van der Waals surface area contributed by atoms with E-state index in [1.807, 2.05) is 42.3 Å². The zero-order valence-electron chi connectivity index (χ0n) is 23.4. The molecule has 0 bridgehead atoms. The lowest BCUT2D eigenvalue weighted by Gasteiger charge is -2.36. The second-order valence-corrected chi connectivity index (χ2v) is 10.6. The van der Waals surface area contributed by atoms with Gasteiger partial charge in [0, 0.05) is 49.5 Å². The minimum absolute atomic E-state index is 0.0558. The molecule has 0 saturated carbocycles. The van der Waals surface area contributed by atoms with E-state index in [1.54, 1.807) is 23.9 Å². The first-order chi connectivity index (χ1) is 20.5. The maximum atomic E-state index is 13.5. The van der Waals surface area contributed by atoms with E-state index in [9.17, 15) is 9.18 Å². The number of hydrogen-bond donors (Lipinski definition) is 0. The summed E-state index contributed by atoms with van der Waals surface area (Å²) in [6.45, 7) is 3.40. The summed E-state index contributed by atoms with van der Waals surface area (Å²) in [5.74, 6) is 2.17. The molecule has 12 heteroatoms. The van der Waals surface area contributed by atoms with Crippen molar-refractivity contribution < 1.29 is 23.4 Å². The molecule has 0 N–H and O–H groups in total. The summed E-state index contributed by atoms with van der Waals surface area (Å²) in [7, 11) is 3.66. The molecule has 3 aliphatic heterocycles. The van der Waals surface area contributed by atoms with Gasteiger partial charge in [0.15, 0.2) is 17.3 Å². The summed E-state index contributed by atoms with van der Waals surface area (Å²) in [4.78, 5) is 19.7. The van der Waals surface area contributed by atoms with Gasteiger partial charge in [-0.1, -0.05) is 6.07 Å². The van der Waals surface area contributed by atoms with Gasteiger partial charge in [-0.25, -0.2) is 4.39 Å². The lowest BCUT2D eigenvalue weighted by Crippen LogP contribution is -2.48. The third-order valence-electron chi connectivity index (χ3n) is 8.23. The van der Waals surface area contributed by atoms with Crippen LogP contribution in [0.5, 0.6) is 17.2 Å². The van der Waals surface area contributed by atoms with Crippen LogP contribution in [0.2, 0.25) is 0 Å². The van der Waals surface area contributed by atoms with Crippen LogP contribution in [0.15, 0.2) is 54.6 Å². The maximum Gasteiger partial charge on any atom is 0.254 e. The van der Waals surface area contributed by atoms with Crippen molar-refractivity contribution in [2.24, 2.45) is 0 Å². The second kappa shape index (κ2) is 10.6. The molecule has 0 aliphatic carbocycles. The molecule has 42 heavy (non-hydrogen) atoms. The second-order valence-electron chi connectivity index (χ2n) is 10.6. The SMILES string of the molecule is COc1c2c(cc3c1[C@H](c1nnnn1-c1cccc(C(=O)N4CCN(c5ccc(F)cc5)CC4)c1)N(C)CC3)OCO2. The van der Waals surface area contributed by atoms with E-state index in [1.165, 1.54) is 12.1 Å². The number of carbonyl (C=O) groups excluding carboxylic acids is 1. The Morgan fingerprint density at radius 2 is 1.81 bits per heavy atom. The van der Waals surface area contributed by atoms with Crippen LogP contribution in [0, 0.1) is 5.82 Å². The molecule has 4 heterocycles. The summed E-state index contributed by atoms with van der Waals surface area (Å²) in [6, 6.07) is 15.5. The van der Waals surface area contributed by atoms with Crippen molar-refractivity contribution in [3.63, 3.8) is 0 Å². The van der Waals surface area contributed by atoms with E-state index >= 15 is 0 Å². The smallest absolute Gasteiger partial charge is 0.254 e. The average Bonchev–Trinajstić information content (AvgIpc) is 3.70. The molecule has 4 aromatic rings. The Balaban J connectivity index is 1.16. The molecule has 3 aliphatic rings. The van der Waals surface area contributed by atoms with Gasteiger partial charge in [0.25, 0.3) is 5.91 Å². The van der Waals surface area contributed by atoms with Crippen LogP contribution in [0.4, 0.5) is 10.1 Å². The Morgan fingerprint density at radius 1 is 1.00 bits per heavy atom. The number of anilines is 1. The number of methoxy groups -OCH3 is 1. The Hall–Kier alpha value is -4.71. The predicted molar refractivity (Wildman–Crippen MR) is 151 cm³/mol. The standard InChI is InChI=1S/C30H30FN7O4/c1-35-11-10-19-17-24-27(42-18-41-24)28(40-2)25(19)26(35)29-32-33-34-38(29)23-5-3-4-20(16-23)30(39)37-14-12-36(13-15-37)22-8-6-21(31)7-9-22/h3-9,16-17,26H,10-15,18H2,1-2H3/t26-/m1/s1. The highest BCUT2D eigenvalue weighted by molar-refractivity contribution is 5.95. The fourth-order valence-electron chi connectivity index (χ4n) is 6.08. The molecule has 216 valence electrons. The highest BCUT2D eigenvalue weighted by Crippen LogP contribution is 2.50. The molecule has 3 aromatic carbocycles. The van der Waals surface area contributed by atoms with Crippen LogP contribution in [-0.2, 0) is 6.42 Å². The lowest BCUT2D eigenvalue weighted by molar-refractivity contribution is 0.0746. The van der Waals surface area contributed by atoms with E-state index in [4.69, 9.17) is 14.2 Å². The zero-order chi connectivity index (χ0) is 28.8. The summed E-state index contributed by atoms with van der Waals surface area (Å²) in [6.07, 6.45) is 0.815. The Morgan fingerprint density at radius 3 is 2.60 bits per heavy atom. The maximum absolute atomic E-state index is 13.5. The van der Waals surface area contributed by atoms with Crippen molar-refractivity contribution in [3.8, 4) is 22.9 Å². The number of fused-ring (bicyclic) bond motifs is 2. The summed E-state index contributed by atoms with van der Waals surface area (Å²) in [5, 5.41) is 12.8. The van der Waals surface area contributed by atoms with Crippen LogP contribution < -0.4 is 19.1 Å². The molecule has 1 saturated heterocycles. The molecule has 0 radical (unpaired) electrons. The van der Waals surface area contributed by atoms with E-state index in [0.717, 1.165) is 29.8 Å². The quantitative estimate of drug-likeness (QED) is 0.358. The Labute approximate surface area is 242 Å². The van der Waals surface area contributed by atoms with E-state index < -0.39 is 0 Å². The van der Waals surface area contributed by atoms with Crippen LogP contribution in [0.1, 0.15) is 33.4 Å². The topological polar surface area (TPSA) is 98.1 Å². The number of aromatic nitrogens is 4. The minimum atomic E-state index is -0.313. The number of hydrogen-bond acceptors (Lipinski definition) is 9. The van der Waals surface area contributed by atoms with Gasteiger partial charge < -0.3 is 24.0 Å². The van der Waals surface area contributed by atoms with E-state index in [-0.39, 0.29) is 24.6 Å². The monoisotopic (exact) mass is 571 g/mol. The van der Waals surface area contributed by atoms with Gasteiger partial charge in [0.05, 0.1) is 12.8 Å². The van der Waals surface area contributed by atoms with Gasteiger partial charge in [0.2, 0.25) is 12.5 Å². The van der Waals surface area contributed by atoms with Crippen molar-refractivity contribution in [1.29, 1.82) is 0 Å². The number of carbonyl (C=O) groups is 1. The average molecular weight is 572 g/mol. The Kier molecular flexibility index (Phi) is 6.62. The molecule has 7 rings (SSSR count). The number of halogens is 1. The summed E-state index contributed by atoms with van der Waals surface area (Å²) >= 11 is 0. The Bertz CT molecular complexity index is 1640. The van der Waals surface area contributed by atoms with Crippen LogP contribution in [-0.4, -0.2) is 89.6 Å². The fourth-order valence-corrected chi connectivity index (χ4v) is 6.08. The van der Waals surface area contributed by atoms with Crippen LogP contribution >= 0.6 is 0 Å². The van der Waals surface area contributed by atoms with Crippen molar-refractivity contribution in [2.45, 2.75) is 12.5 Å². The highest BCUT2D eigenvalue weighted by Gasteiger charge is 2.38. The van der Waals surface area contributed by atoms with Gasteiger partial charge in [-0.3, -0.25) is 9.69 Å². The molecule has 1 aromatic heterocycles. The number of piperazine rings is 1. The molecule has 0 spiro atoms. The minimum Gasteiger partial charge on any atom is -0.492 e. The van der Waals surface area contributed by atoms with Crippen molar-refractivity contribution in [3.05, 3.63) is 82.9 Å². The normalized spacial score (nSPS) is 18.2. The number of amides is 1. The lowest BCUT2D eigenvalue weighted by atomic mass is 9.90. The van der Waals surface area contributed by atoms with E-state index in [0.29, 0.717) is 60.5 Å². The van der Waals surface area contributed by atoms with Crippen molar-refractivity contribution >= 4 is 11.6 Å². The number of tetrazole rings is 1. The third-order valence-corrected chi connectivity index (χ3v) is 8.23. The van der Waals surface area contributed by atoms with E-state index in [2.05, 4.69) is 25.3 Å². The first-order valence-corrected chi connectivity index (χ1v) is 13.9. The highest BCUT2D eigenvalue weighted by atomic mass is 19.1. The first-order valence-electron chi connectivity index (χ1n) is 13.9. The van der Waals surface area contributed by atoms with Gasteiger partial charge >= 0.3 is 0 Å². The largest absolute Gasteiger partial charge is 0.492 e. The van der Waals surface area contributed by atoms with Crippen LogP contribution in [0.25, 0.3) is 5.69 Å².